The van der Waals surface area contributed by atoms with Crippen LogP contribution in [-0.4, -0.2) is 23.5 Å². The van der Waals surface area contributed by atoms with Crippen LogP contribution in [0.15, 0.2) is 52.0 Å². The van der Waals surface area contributed by atoms with Gasteiger partial charge < -0.3 is 9.73 Å². The number of hydrogen-bond donors (Lipinski definition) is 1. The first-order valence-electron chi connectivity index (χ1n) is 7.31. The Kier molecular flexibility index (Phi) is 6.93. The molecule has 0 spiro atoms. The number of carbonyl (C=O) groups excluding carboxylic acids is 1. The largest absolute Gasteiger partial charge is 0.468 e. The van der Waals surface area contributed by atoms with Gasteiger partial charge in [0.2, 0.25) is 0 Å². The van der Waals surface area contributed by atoms with E-state index in [1.807, 2.05) is 36.4 Å². The maximum atomic E-state index is 12.3. The molecule has 2 aromatic rings. The minimum absolute atomic E-state index is 0.00217. The quantitative estimate of drug-likeness (QED) is 0.572. The van der Waals surface area contributed by atoms with Gasteiger partial charge in [-0.25, -0.2) is 0 Å². The van der Waals surface area contributed by atoms with Crippen molar-refractivity contribution in [2.75, 3.05) is 12.3 Å². The fraction of sp³-hybridized carbons (Fsp3) is 0.353. The third-order valence-corrected chi connectivity index (χ3v) is 4.91. The number of amides is 1. The Hall–Kier alpha value is -1.33. The predicted octanol–water partition coefficient (Wildman–Crippen LogP) is 4.44. The van der Waals surface area contributed by atoms with Crippen LogP contribution in [0.2, 0.25) is 0 Å². The second-order valence-electron chi connectivity index (χ2n) is 5.05. The van der Waals surface area contributed by atoms with E-state index in [1.54, 1.807) is 29.8 Å². The molecule has 0 aliphatic heterocycles. The molecule has 5 heteroatoms. The van der Waals surface area contributed by atoms with E-state index in [1.165, 1.54) is 0 Å². The van der Waals surface area contributed by atoms with Crippen LogP contribution >= 0.6 is 23.5 Å². The molecule has 1 N–H and O–H groups in total. The lowest BCUT2D eigenvalue weighted by atomic mass is 10.2. The van der Waals surface area contributed by atoms with Crippen LogP contribution in [0, 0.1) is 0 Å². The fourth-order valence-electron chi connectivity index (χ4n) is 1.91. The van der Waals surface area contributed by atoms with E-state index in [0.717, 1.165) is 27.7 Å². The van der Waals surface area contributed by atoms with Crippen molar-refractivity contribution >= 4 is 29.4 Å². The molecule has 0 unspecified atom stereocenters. The van der Waals surface area contributed by atoms with E-state index in [2.05, 4.69) is 19.2 Å². The number of furan rings is 1. The van der Waals surface area contributed by atoms with E-state index in [-0.39, 0.29) is 5.91 Å². The summed E-state index contributed by atoms with van der Waals surface area (Å²) in [6, 6.07) is 11.6. The second-order valence-corrected chi connectivity index (χ2v) is 7.77. The van der Waals surface area contributed by atoms with Gasteiger partial charge in [-0.3, -0.25) is 4.79 Å². The van der Waals surface area contributed by atoms with Gasteiger partial charge >= 0.3 is 0 Å². The minimum Gasteiger partial charge on any atom is -0.468 e. The molecule has 1 aromatic heterocycles. The first-order chi connectivity index (χ1) is 10.7. The predicted molar refractivity (Wildman–Crippen MR) is 94.6 cm³/mol. The van der Waals surface area contributed by atoms with E-state index < -0.39 is 0 Å². The zero-order valence-corrected chi connectivity index (χ0v) is 14.5. The van der Waals surface area contributed by atoms with Crippen molar-refractivity contribution in [3.05, 3.63) is 54.0 Å². The van der Waals surface area contributed by atoms with Gasteiger partial charge in [0, 0.05) is 22.4 Å². The molecular weight excluding hydrogens is 314 g/mol. The highest BCUT2D eigenvalue weighted by atomic mass is 32.2. The monoisotopic (exact) mass is 335 g/mol. The Balaban J connectivity index is 1.77. The summed E-state index contributed by atoms with van der Waals surface area (Å²) in [5, 5.41) is 3.45. The summed E-state index contributed by atoms with van der Waals surface area (Å²) >= 11 is 3.47. The molecule has 0 aliphatic carbocycles. The van der Waals surface area contributed by atoms with E-state index >= 15 is 0 Å². The smallest absolute Gasteiger partial charge is 0.252 e. The zero-order valence-electron chi connectivity index (χ0n) is 12.9. The van der Waals surface area contributed by atoms with Gasteiger partial charge in [0.15, 0.2) is 0 Å². The maximum absolute atomic E-state index is 12.3. The topological polar surface area (TPSA) is 42.2 Å². The van der Waals surface area contributed by atoms with Crippen LogP contribution in [0.4, 0.5) is 0 Å². The molecule has 1 heterocycles. The lowest BCUT2D eigenvalue weighted by molar-refractivity contribution is 0.0953. The number of hydrogen-bond acceptors (Lipinski definition) is 4. The van der Waals surface area contributed by atoms with Gasteiger partial charge in [0.25, 0.3) is 5.91 Å². The Labute approximate surface area is 140 Å². The summed E-state index contributed by atoms with van der Waals surface area (Å²) in [4.78, 5) is 13.3. The number of thioether (sulfide) groups is 2. The minimum atomic E-state index is 0.00217. The highest BCUT2D eigenvalue weighted by Crippen LogP contribution is 2.26. The van der Waals surface area contributed by atoms with E-state index in [9.17, 15) is 4.79 Å². The first kappa shape index (κ1) is 17.0. The summed E-state index contributed by atoms with van der Waals surface area (Å²) in [5.41, 5.74) is 0.761. The van der Waals surface area contributed by atoms with Gasteiger partial charge in [0.1, 0.15) is 5.76 Å². The normalized spacial score (nSPS) is 10.9. The highest BCUT2D eigenvalue weighted by Gasteiger charge is 2.11. The van der Waals surface area contributed by atoms with Crippen molar-refractivity contribution in [3.63, 3.8) is 0 Å². The van der Waals surface area contributed by atoms with Crippen molar-refractivity contribution < 1.29 is 9.21 Å². The van der Waals surface area contributed by atoms with E-state index in [4.69, 9.17) is 4.42 Å². The summed E-state index contributed by atoms with van der Waals surface area (Å²) in [7, 11) is 0. The van der Waals surface area contributed by atoms with Gasteiger partial charge in [-0.15, -0.1) is 11.8 Å². The van der Waals surface area contributed by atoms with Crippen molar-refractivity contribution in [1.29, 1.82) is 0 Å². The molecule has 0 saturated heterocycles. The third-order valence-electron chi connectivity index (χ3n) is 2.85. The molecule has 22 heavy (non-hydrogen) atoms. The van der Waals surface area contributed by atoms with Crippen molar-refractivity contribution in [1.82, 2.24) is 5.32 Å². The average molecular weight is 335 g/mol. The molecule has 118 valence electrons. The summed E-state index contributed by atoms with van der Waals surface area (Å²) in [6.45, 7) is 4.92. The first-order valence-corrected chi connectivity index (χ1v) is 9.34. The third kappa shape index (κ3) is 5.46. The maximum Gasteiger partial charge on any atom is 0.252 e. The molecule has 1 aromatic carbocycles. The molecule has 3 nitrogen and oxygen atoms in total. The summed E-state index contributed by atoms with van der Waals surface area (Å²) in [5.74, 6) is 2.67. The highest BCUT2D eigenvalue weighted by molar-refractivity contribution is 8.00. The Morgan fingerprint density at radius 1 is 1.23 bits per heavy atom. The van der Waals surface area contributed by atoms with Crippen molar-refractivity contribution in [2.24, 2.45) is 0 Å². The van der Waals surface area contributed by atoms with Gasteiger partial charge in [-0.1, -0.05) is 26.0 Å². The Morgan fingerprint density at radius 2 is 2.05 bits per heavy atom. The van der Waals surface area contributed by atoms with Crippen LogP contribution < -0.4 is 5.32 Å². The Morgan fingerprint density at radius 3 is 2.77 bits per heavy atom. The molecule has 0 radical (unpaired) electrons. The molecular formula is C17H21NO2S2. The van der Waals surface area contributed by atoms with Gasteiger partial charge in [-0.2, -0.15) is 11.8 Å². The number of nitrogens with one attached hydrogen (secondary N) is 1. The van der Waals surface area contributed by atoms with Crippen molar-refractivity contribution in [3.8, 4) is 0 Å². The molecule has 0 aliphatic rings. The van der Waals surface area contributed by atoms with Crippen LogP contribution in [0.1, 0.15) is 30.0 Å². The van der Waals surface area contributed by atoms with Crippen molar-refractivity contribution in [2.45, 2.75) is 29.7 Å². The average Bonchev–Trinajstić information content (AvgIpc) is 3.00. The van der Waals surface area contributed by atoms with Gasteiger partial charge in [0.05, 0.1) is 17.6 Å². The molecule has 0 bridgehead atoms. The van der Waals surface area contributed by atoms with Crippen LogP contribution in [-0.2, 0) is 5.75 Å². The van der Waals surface area contributed by atoms with Gasteiger partial charge in [-0.05, 0) is 24.3 Å². The second kappa shape index (κ2) is 8.96. The molecule has 1 amide bonds. The number of carbonyl (C=O) groups is 1. The Bertz CT molecular complexity index is 582. The molecule has 0 saturated carbocycles. The lowest BCUT2D eigenvalue weighted by Crippen LogP contribution is -2.26. The van der Waals surface area contributed by atoms with Crippen LogP contribution in [0.3, 0.4) is 0 Å². The van der Waals surface area contributed by atoms with Crippen LogP contribution in [0.25, 0.3) is 0 Å². The molecule has 0 atom stereocenters. The van der Waals surface area contributed by atoms with Crippen LogP contribution in [0.5, 0.6) is 0 Å². The standard InChI is InChI=1S/C17H21NO2S2/c1-13(2)22-16-8-4-3-7-15(16)17(19)18-9-11-21-12-14-6-5-10-20-14/h3-8,10,13H,9,11-12H2,1-2H3,(H,18,19). The number of rotatable bonds is 8. The summed E-state index contributed by atoms with van der Waals surface area (Å²) in [6.07, 6.45) is 1.68. The van der Waals surface area contributed by atoms with E-state index in [0.29, 0.717) is 11.8 Å². The zero-order chi connectivity index (χ0) is 15.8. The fourth-order valence-corrected chi connectivity index (χ4v) is 3.62. The molecule has 0 fully saturated rings. The number of benzene rings is 1. The summed E-state index contributed by atoms with van der Waals surface area (Å²) < 4.78 is 5.27. The molecule has 2 rings (SSSR count). The lowest BCUT2D eigenvalue weighted by Gasteiger charge is -2.11. The SMILES string of the molecule is CC(C)Sc1ccccc1C(=O)NCCSCc1ccco1.